The minimum Gasteiger partial charge on any atom is -0.478 e. The van der Waals surface area contributed by atoms with Crippen molar-refractivity contribution in [1.29, 1.82) is 0 Å². The molecule has 0 fully saturated rings. The summed E-state index contributed by atoms with van der Waals surface area (Å²) in [5.41, 5.74) is 1.17. The number of rotatable bonds is 3. The number of carboxylic acids is 1. The summed E-state index contributed by atoms with van der Waals surface area (Å²) in [6.45, 7) is 0. The van der Waals surface area contributed by atoms with Crippen LogP contribution in [-0.2, 0) is 0 Å². The lowest BCUT2D eigenvalue weighted by Gasteiger charge is -2.10. The molecule has 0 aliphatic heterocycles. The fourth-order valence-electron chi connectivity index (χ4n) is 1.41. The molecule has 0 aliphatic rings. The molecule has 2 rings (SSSR count). The number of anilines is 2. The molecule has 0 spiro atoms. The van der Waals surface area contributed by atoms with E-state index in [-0.39, 0.29) is 5.56 Å². The van der Waals surface area contributed by atoms with E-state index in [1.54, 1.807) is 18.2 Å². The van der Waals surface area contributed by atoms with Crippen LogP contribution in [0.15, 0.2) is 41.1 Å². The maximum Gasteiger partial charge on any atom is 0.339 e. The Morgan fingerprint density at radius 2 is 2.11 bits per heavy atom. The van der Waals surface area contributed by atoms with Gasteiger partial charge in [-0.3, -0.25) is 4.98 Å². The lowest BCUT2D eigenvalue weighted by atomic mass is 10.2. The van der Waals surface area contributed by atoms with E-state index < -0.39 is 5.97 Å². The van der Waals surface area contributed by atoms with Gasteiger partial charge in [0.25, 0.3) is 0 Å². The first-order valence-corrected chi connectivity index (χ1v) is 6.14. The van der Waals surface area contributed by atoms with Crippen molar-refractivity contribution >= 4 is 44.9 Å². The van der Waals surface area contributed by atoms with Gasteiger partial charge in [-0.1, -0.05) is 27.5 Å². The van der Waals surface area contributed by atoms with Crippen molar-refractivity contribution in [2.75, 3.05) is 5.32 Å². The molecule has 0 amide bonds. The zero-order chi connectivity index (χ0) is 13.1. The summed E-state index contributed by atoms with van der Waals surface area (Å²) in [4.78, 5) is 14.8. The number of hydrogen-bond donors (Lipinski definition) is 2. The Morgan fingerprint density at radius 3 is 2.78 bits per heavy atom. The van der Waals surface area contributed by atoms with Gasteiger partial charge in [0.1, 0.15) is 5.56 Å². The molecule has 0 radical (unpaired) electrons. The molecule has 0 atom stereocenters. The van der Waals surface area contributed by atoms with Crippen LogP contribution in [0.25, 0.3) is 0 Å². The highest BCUT2D eigenvalue weighted by Gasteiger charge is 2.11. The van der Waals surface area contributed by atoms with Crippen molar-refractivity contribution in [1.82, 2.24) is 4.98 Å². The number of hydrogen-bond acceptors (Lipinski definition) is 3. The van der Waals surface area contributed by atoms with Crippen LogP contribution in [0.3, 0.4) is 0 Å². The summed E-state index contributed by atoms with van der Waals surface area (Å²) in [5.74, 6) is -1.04. The van der Waals surface area contributed by atoms with Crippen LogP contribution in [0.4, 0.5) is 11.4 Å². The summed E-state index contributed by atoms with van der Waals surface area (Å²) < 4.78 is 0.853. The average molecular weight is 328 g/mol. The molecule has 92 valence electrons. The largest absolute Gasteiger partial charge is 0.478 e. The van der Waals surface area contributed by atoms with Crippen LogP contribution in [-0.4, -0.2) is 16.1 Å². The van der Waals surface area contributed by atoms with E-state index >= 15 is 0 Å². The van der Waals surface area contributed by atoms with Crippen LogP contribution in [0, 0.1) is 0 Å². The molecule has 18 heavy (non-hydrogen) atoms. The SMILES string of the molecule is O=C(O)c1cnccc1Nc1ccc(Br)cc1Cl. The molecule has 0 saturated carbocycles. The smallest absolute Gasteiger partial charge is 0.339 e. The number of aromatic nitrogens is 1. The maximum atomic E-state index is 11.0. The van der Waals surface area contributed by atoms with Gasteiger partial charge in [-0.25, -0.2) is 4.79 Å². The van der Waals surface area contributed by atoms with E-state index in [9.17, 15) is 4.79 Å². The third kappa shape index (κ3) is 2.80. The van der Waals surface area contributed by atoms with Gasteiger partial charge in [0, 0.05) is 16.9 Å². The number of halogens is 2. The maximum absolute atomic E-state index is 11.0. The Bertz CT molecular complexity index is 604. The quantitative estimate of drug-likeness (QED) is 0.896. The molecular formula is C12H8BrClN2O2. The molecular weight excluding hydrogens is 320 g/mol. The molecule has 2 N–H and O–H groups in total. The van der Waals surface area contributed by atoms with Crippen molar-refractivity contribution in [2.24, 2.45) is 0 Å². The van der Waals surface area contributed by atoms with Gasteiger partial charge in [0.05, 0.1) is 16.4 Å². The lowest BCUT2D eigenvalue weighted by molar-refractivity contribution is 0.0697. The Kier molecular flexibility index (Phi) is 3.84. The van der Waals surface area contributed by atoms with Gasteiger partial charge >= 0.3 is 5.97 Å². The van der Waals surface area contributed by atoms with Crippen LogP contribution < -0.4 is 5.32 Å². The van der Waals surface area contributed by atoms with Gasteiger partial charge in [0.15, 0.2) is 0 Å². The monoisotopic (exact) mass is 326 g/mol. The number of carboxylic acid groups (broad SMARTS) is 1. The zero-order valence-corrected chi connectivity index (χ0v) is 11.4. The van der Waals surface area contributed by atoms with E-state index in [1.165, 1.54) is 12.4 Å². The van der Waals surface area contributed by atoms with Crippen LogP contribution in [0.2, 0.25) is 5.02 Å². The highest BCUT2D eigenvalue weighted by Crippen LogP contribution is 2.29. The summed E-state index contributed by atoms with van der Waals surface area (Å²) in [6, 6.07) is 6.89. The summed E-state index contributed by atoms with van der Waals surface area (Å²) >= 11 is 9.36. The number of pyridine rings is 1. The van der Waals surface area contributed by atoms with Crippen LogP contribution in [0.5, 0.6) is 0 Å². The van der Waals surface area contributed by atoms with Crippen molar-refractivity contribution in [2.45, 2.75) is 0 Å². The van der Waals surface area contributed by atoms with E-state index in [0.717, 1.165) is 4.47 Å². The first kappa shape index (κ1) is 12.9. The second kappa shape index (κ2) is 5.37. The molecule has 0 aliphatic carbocycles. The van der Waals surface area contributed by atoms with E-state index in [0.29, 0.717) is 16.4 Å². The Hall–Kier alpha value is -1.59. The molecule has 1 heterocycles. The molecule has 1 aromatic carbocycles. The van der Waals surface area contributed by atoms with Crippen molar-refractivity contribution in [3.05, 3.63) is 51.7 Å². The second-order valence-electron chi connectivity index (χ2n) is 3.48. The molecule has 4 nitrogen and oxygen atoms in total. The zero-order valence-electron chi connectivity index (χ0n) is 9.02. The second-order valence-corrected chi connectivity index (χ2v) is 4.80. The highest BCUT2D eigenvalue weighted by atomic mass is 79.9. The first-order valence-electron chi connectivity index (χ1n) is 4.97. The van der Waals surface area contributed by atoms with Crippen molar-refractivity contribution in [3.8, 4) is 0 Å². The van der Waals surface area contributed by atoms with Crippen molar-refractivity contribution in [3.63, 3.8) is 0 Å². The van der Waals surface area contributed by atoms with Crippen LogP contribution in [0.1, 0.15) is 10.4 Å². The normalized spacial score (nSPS) is 10.1. The summed E-state index contributed by atoms with van der Waals surface area (Å²) in [5, 5.41) is 12.5. The minimum atomic E-state index is -1.04. The van der Waals surface area contributed by atoms with E-state index in [2.05, 4.69) is 26.2 Å². The number of carbonyl (C=O) groups is 1. The number of benzene rings is 1. The number of nitrogens with one attached hydrogen (secondary N) is 1. The fourth-order valence-corrected chi connectivity index (χ4v) is 2.13. The van der Waals surface area contributed by atoms with Gasteiger partial charge in [-0.2, -0.15) is 0 Å². The van der Waals surface area contributed by atoms with E-state index in [4.69, 9.17) is 16.7 Å². The predicted octanol–water partition coefficient (Wildman–Crippen LogP) is 3.94. The lowest BCUT2D eigenvalue weighted by Crippen LogP contribution is -2.03. The molecule has 0 saturated heterocycles. The molecule has 6 heteroatoms. The third-order valence-electron chi connectivity index (χ3n) is 2.25. The number of aromatic carboxylic acids is 1. The van der Waals surface area contributed by atoms with Gasteiger partial charge in [-0.05, 0) is 24.3 Å². The average Bonchev–Trinajstić information content (AvgIpc) is 2.33. The molecule has 0 bridgehead atoms. The van der Waals surface area contributed by atoms with Gasteiger partial charge in [-0.15, -0.1) is 0 Å². The molecule has 2 aromatic rings. The molecule has 1 aromatic heterocycles. The standard InChI is InChI=1S/C12H8BrClN2O2/c13-7-1-2-11(9(14)5-7)16-10-3-4-15-6-8(10)12(17)18/h1-6H,(H,15,16)(H,17,18). The Labute approximate surface area is 117 Å². The predicted molar refractivity (Wildman–Crippen MR) is 73.6 cm³/mol. The van der Waals surface area contributed by atoms with Crippen molar-refractivity contribution < 1.29 is 9.90 Å². The van der Waals surface area contributed by atoms with Crippen LogP contribution >= 0.6 is 27.5 Å². The summed E-state index contributed by atoms with van der Waals surface area (Å²) in [7, 11) is 0. The van der Waals surface area contributed by atoms with Gasteiger partial charge in [0.2, 0.25) is 0 Å². The van der Waals surface area contributed by atoms with Gasteiger partial charge < -0.3 is 10.4 Å². The van der Waals surface area contributed by atoms with E-state index in [1.807, 2.05) is 6.07 Å². The fraction of sp³-hybridized carbons (Fsp3) is 0. The number of nitrogens with zero attached hydrogens (tertiary/aromatic N) is 1. The Morgan fingerprint density at radius 1 is 1.33 bits per heavy atom. The Balaban J connectivity index is 2.37. The third-order valence-corrected chi connectivity index (χ3v) is 3.06. The summed E-state index contributed by atoms with van der Waals surface area (Å²) in [6.07, 6.45) is 2.80. The highest BCUT2D eigenvalue weighted by molar-refractivity contribution is 9.10. The topological polar surface area (TPSA) is 62.2 Å². The molecule has 0 unspecified atom stereocenters. The first-order chi connectivity index (χ1) is 8.58. The minimum absolute atomic E-state index is 0.0940.